The van der Waals surface area contributed by atoms with Crippen LogP contribution < -0.4 is 10.6 Å². The molecule has 1 saturated carbocycles. The van der Waals surface area contributed by atoms with Crippen LogP contribution in [-0.4, -0.2) is 18.2 Å². The molecule has 2 aromatic carbocycles. The third-order valence-corrected chi connectivity index (χ3v) is 5.48. The summed E-state index contributed by atoms with van der Waals surface area (Å²) < 4.78 is 5.30. The second-order valence-corrected chi connectivity index (χ2v) is 7.38. The normalized spacial score (nSPS) is 24.2. The molecule has 1 fully saturated rings. The Morgan fingerprint density at radius 1 is 1.00 bits per heavy atom. The minimum atomic E-state index is -0.319. The van der Waals surface area contributed by atoms with Crippen LogP contribution in [0.15, 0.2) is 54.6 Å². The number of nitrogens with one attached hydrogen (secondary N) is 2. The lowest BCUT2D eigenvalue weighted by Crippen LogP contribution is -2.53. The van der Waals surface area contributed by atoms with E-state index >= 15 is 0 Å². The number of fused-ring (bicyclic) bond motifs is 1. The number of hydrogen-bond acceptors (Lipinski definition) is 3. The molecule has 4 nitrogen and oxygen atoms in total. The fourth-order valence-corrected chi connectivity index (χ4v) is 4.01. The van der Waals surface area contributed by atoms with Crippen molar-refractivity contribution in [2.75, 3.05) is 0 Å². The molecule has 4 heteroatoms. The highest BCUT2D eigenvalue weighted by molar-refractivity contribution is 5.67. The van der Waals surface area contributed by atoms with E-state index in [0.29, 0.717) is 18.7 Å². The Labute approximate surface area is 155 Å². The summed E-state index contributed by atoms with van der Waals surface area (Å²) in [7, 11) is 0. The monoisotopic (exact) mass is 350 g/mol. The Morgan fingerprint density at radius 2 is 1.77 bits per heavy atom. The van der Waals surface area contributed by atoms with Gasteiger partial charge in [0.2, 0.25) is 0 Å². The topological polar surface area (TPSA) is 50.4 Å². The number of hydrogen-bond donors (Lipinski definition) is 2. The molecule has 2 N–H and O–H groups in total. The predicted molar refractivity (Wildman–Crippen MR) is 102 cm³/mol. The molecule has 0 saturated heterocycles. The molecule has 1 amide bonds. The molecule has 1 atom stereocenters. The van der Waals surface area contributed by atoms with Crippen LogP contribution in [0.5, 0.6) is 0 Å². The molecule has 0 spiro atoms. The smallest absolute Gasteiger partial charge is 0.407 e. The number of carbonyl (C=O) groups excluding carboxylic acids is 1. The lowest BCUT2D eigenvalue weighted by Gasteiger charge is -2.40. The van der Waals surface area contributed by atoms with Gasteiger partial charge in [0.15, 0.2) is 0 Å². The number of aryl methyl sites for hydroxylation is 1. The quantitative estimate of drug-likeness (QED) is 0.853. The molecule has 0 heterocycles. The summed E-state index contributed by atoms with van der Waals surface area (Å²) in [5.41, 5.74) is 3.94. The number of carbonyl (C=O) groups is 1. The lowest BCUT2D eigenvalue weighted by molar-refractivity contribution is 0.124. The van der Waals surface area contributed by atoms with Crippen molar-refractivity contribution < 1.29 is 9.53 Å². The third-order valence-electron chi connectivity index (χ3n) is 5.48. The van der Waals surface area contributed by atoms with Crippen molar-refractivity contribution >= 4 is 6.09 Å². The summed E-state index contributed by atoms with van der Waals surface area (Å²) in [6.07, 6.45) is 5.26. The second kappa shape index (κ2) is 7.92. The SMILES string of the molecule is O=C(NC1CC(NC2CCCc3ccccc32)C1)OCc1ccccc1. The van der Waals surface area contributed by atoms with E-state index in [1.54, 1.807) is 0 Å². The molecular formula is C22H26N2O2. The first kappa shape index (κ1) is 17.1. The molecule has 4 rings (SSSR count). The number of alkyl carbamates (subject to hydrolysis) is 1. The Bertz CT molecular complexity index is 741. The molecule has 26 heavy (non-hydrogen) atoms. The van der Waals surface area contributed by atoms with E-state index < -0.39 is 0 Å². The zero-order chi connectivity index (χ0) is 17.8. The molecule has 136 valence electrons. The summed E-state index contributed by atoms with van der Waals surface area (Å²) >= 11 is 0. The maximum atomic E-state index is 11.9. The van der Waals surface area contributed by atoms with Gasteiger partial charge in [-0.05, 0) is 48.8 Å². The first-order valence-corrected chi connectivity index (χ1v) is 9.59. The summed E-state index contributed by atoms with van der Waals surface area (Å²) in [5.74, 6) is 0. The van der Waals surface area contributed by atoms with Crippen LogP contribution in [0.2, 0.25) is 0 Å². The fourth-order valence-electron chi connectivity index (χ4n) is 4.01. The van der Waals surface area contributed by atoms with Crippen LogP contribution in [0.25, 0.3) is 0 Å². The molecular weight excluding hydrogens is 324 g/mol. The maximum Gasteiger partial charge on any atom is 0.407 e. The van der Waals surface area contributed by atoms with Gasteiger partial charge in [-0.2, -0.15) is 0 Å². The zero-order valence-corrected chi connectivity index (χ0v) is 15.0. The first-order valence-electron chi connectivity index (χ1n) is 9.59. The van der Waals surface area contributed by atoms with E-state index in [1.807, 2.05) is 30.3 Å². The highest BCUT2D eigenvalue weighted by Gasteiger charge is 2.33. The first-order chi connectivity index (χ1) is 12.8. The van der Waals surface area contributed by atoms with Crippen molar-refractivity contribution in [3.8, 4) is 0 Å². The number of ether oxygens (including phenoxy) is 1. The van der Waals surface area contributed by atoms with Gasteiger partial charge in [-0.25, -0.2) is 4.79 Å². The minimum absolute atomic E-state index is 0.217. The lowest BCUT2D eigenvalue weighted by atomic mass is 9.83. The summed E-state index contributed by atoms with van der Waals surface area (Å²) in [6, 6.07) is 19.7. The Kier molecular flexibility index (Phi) is 5.21. The van der Waals surface area contributed by atoms with Crippen LogP contribution in [0, 0.1) is 0 Å². The van der Waals surface area contributed by atoms with Crippen molar-refractivity contribution in [2.45, 2.75) is 56.8 Å². The molecule has 1 unspecified atom stereocenters. The van der Waals surface area contributed by atoms with Crippen molar-refractivity contribution in [3.05, 3.63) is 71.3 Å². The Hall–Kier alpha value is -2.33. The van der Waals surface area contributed by atoms with Gasteiger partial charge in [0.25, 0.3) is 0 Å². The fraction of sp³-hybridized carbons (Fsp3) is 0.409. The summed E-state index contributed by atoms with van der Waals surface area (Å²) in [6.45, 7) is 0.319. The van der Waals surface area contributed by atoms with Crippen LogP contribution in [-0.2, 0) is 17.8 Å². The van der Waals surface area contributed by atoms with Crippen LogP contribution >= 0.6 is 0 Å². The van der Waals surface area contributed by atoms with Crippen LogP contribution in [0.1, 0.15) is 48.4 Å². The van der Waals surface area contributed by atoms with Gasteiger partial charge in [0.05, 0.1) is 0 Å². The van der Waals surface area contributed by atoms with Gasteiger partial charge < -0.3 is 15.4 Å². The van der Waals surface area contributed by atoms with Crippen LogP contribution in [0.3, 0.4) is 0 Å². The highest BCUT2D eigenvalue weighted by atomic mass is 16.5. The average molecular weight is 350 g/mol. The minimum Gasteiger partial charge on any atom is -0.445 e. The van der Waals surface area contributed by atoms with Crippen LogP contribution in [0.4, 0.5) is 4.79 Å². The molecule has 0 bridgehead atoms. The van der Waals surface area contributed by atoms with E-state index in [4.69, 9.17) is 4.74 Å². The zero-order valence-electron chi connectivity index (χ0n) is 15.0. The number of benzene rings is 2. The second-order valence-electron chi connectivity index (χ2n) is 7.38. The highest BCUT2D eigenvalue weighted by Crippen LogP contribution is 2.32. The molecule has 2 aromatic rings. The van der Waals surface area contributed by atoms with Gasteiger partial charge in [-0.3, -0.25) is 0 Å². The van der Waals surface area contributed by atoms with Crippen molar-refractivity contribution in [3.63, 3.8) is 0 Å². The third kappa shape index (κ3) is 4.07. The molecule has 0 radical (unpaired) electrons. The van der Waals surface area contributed by atoms with Gasteiger partial charge in [-0.1, -0.05) is 54.6 Å². The average Bonchev–Trinajstić information content (AvgIpc) is 2.65. The summed E-state index contributed by atoms with van der Waals surface area (Å²) in [4.78, 5) is 11.9. The summed E-state index contributed by atoms with van der Waals surface area (Å²) in [5, 5.41) is 6.75. The Morgan fingerprint density at radius 3 is 2.62 bits per heavy atom. The Balaban J connectivity index is 1.20. The van der Waals surface area contributed by atoms with Crippen molar-refractivity contribution in [1.82, 2.24) is 10.6 Å². The van der Waals surface area contributed by atoms with Gasteiger partial charge >= 0.3 is 6.09 Å². The number of rotatable bonds is 5. The molecule has 0 aromatic heterocycles. The van der Waals surface area contributed by atoms with Gasteiger partial charge in [0, 0.05) is 18.1 Å². The van der Waals surface area contributed by atoms with E-state index in [9.17, 15) is 4.79 Å². The predicted octanol–water partition coefficient (Wildman–Crippen LogP) is 4.11. The molecule has 2 aliphatic rings. The van der Waals surface area contributed by atoms with Gasteiger partial charge in [-0.15, -0.1) is 0 Å². The van der Waals surface area contributed by atoms with E-state index in [2.05, 4.69) is 34.9 Å². The largest absolute Gasteiger partial charge is 0.445 e. The van der Waals surface area contributed by atoms with Crippen molar-refractivity contribution in [2.24, 2.45) is 0 Å². The standard InChI is InChI=1S/C22H26N2O2/c25-22(26-15-16-7-2-1-3-8-16)24-19-13-18(14-19)23-21-12-6-10-17-9-4-5-11-20(17)21/h1-5,7-9,11,18-19,21,23H,6,10,12-15H2,(H,24,25). The van der Waals surface area contributed by atoms with E-state index in [-0.39, 0.29) is 12.1 Å². The van der Waals surface area contributed by atoms with E-state index in [1.165, 1.54) is 30.4 Å². The maximum absolute atomic E-state index is 11.9. The molecule has 2 aliphatic carbocycles. The van der Waals surface area contributed by atoms with Crippen molar-refractivity contribution in [1.29, 1.82) is 0 Å². The van der Waals surface area contributed by atoms with E-state index in [0.717, 1.165) is 18.4 Å². The molecule has 0 aliphatic heterocycles. The van der Waals surface area contributed by atoms with Gasteiger partial charge in [0.1, 0.15) is 6.61 Å². The number of amides is 1.